The van der Waals surface area contributed by atoms with Gasteiger partial charge in [-0.15, -0.1) is 0 Å². The molecule has 0 unspecified atom stereocenters. The van der Waals surface area contributed by atoms with Gasteiger partial charge in [-0.25, -0.2) is 4.79 Å². The Morgan fingerprint density at radius 1 is 1.41 bits per heavy atom. The van der Waals surface area contributed by atoms with E-state index in [0.717, 1.165) is 16.1 Å². The number of cyclic esters (lactones) is 1. The van der Waals surface area contributed by atoms with E-state index in [1.807, 2.05) is 30.3 Å². The number of carbonyl (C=O) groups excluding carboxylic acids is 1. The van der Waals surface area contributed by atoms with Crippen LogP contribution in [0.1, 0.15) is 10.4 Å². The molecule has 0 radical (unpaired) electrons. The van der Waals surface area contributed by atoms with Gasteiger partial charge in [0.05, 0.1) is 20.2 Å². The lowest BCUT2D eigenvalue weighted by atomic mass is 10.2. The fraction of sp³-hybridized carbons (Fsp3) is 0.333. The third-order valence-corrected chi connectivity index (χ3v) is 4.15. The first-order valence-electron chi connectivity index (χ1n) is 6.99. The minimum Gasteiger partial charge on any atom is -0.480 e. The number of nitrogens with one attached hydrogen (secondary N) is 1. The summed E-state index contributed by atoms with van der Waals surface area (Å²) in [5.41, 5.74) is 2.11. The summed E-state index contributed by atoms with van der Waals surface area (Å²) in [7, 11) is 1.61. The molecule has 1 aliphatic heterocycles. The summed E-state index contributed by atoms with van der Waals surface area (Å²) in [5.74, 6) is 0.648. The first-order valence-corrected chi connectivity index (χ1v) is 7.76. The Labute approximate surface area is 132 Å². The molecule has 2 aromatic rings. The van der Waals surface area contributed by atoms with E-state index in [1.165, 1.54) is 11.5 Å². The summed E-state index contributed by atoms with van der Waals surface area (Å²) in [5, 5.41) is 3.34. The highest BCUT2D eigenvalue weighted by Crippen LogP contribution is 2.19. The number of ether oxygens (including phenoxy) is 2. The van der Waals surface area contributed by atoms with Gasteiger partial charge in [-0.3, -0.25) is 0 Å². The number of rotatable bonds is 6. The van der Waals surface area contributed by atoms with Crippen LogP contribution >= 0.6 is 11.5 Å². The third-order valence-electron chi connectivity index (χ3n) is 3.39. The zero-order chi connectivity index (χ0) is 15.4. The van der Waals surface area contributed by atoms with Crippen LogP contribution in [0, 0.1) is 0 Å². The molecule has 116 valence electrons. The second kappa shape index (κ2) is 6.65. The number of anilines is 1. The molecule has 0 saturated carbocycles. The van der Waals surface area contributed by atoms with Crippen molar-refractivity contribution in [3.05, 3.63) is 40.8 Å². The van der Waals surface area contributed by atoms with E-state index in [-0.39, 0.29) is 6.09 Å². The van der Waals surface area contributed by atoms with Crippen molar-refractivity contribution in [3.8, 4) is 5.88 Å². The van der Waals surface area contributed by atoms with Crippen LogP contribution in [0.4, 0.5) is 10.5 Å². The molecule has 0 aliphatic carbocycles. The first kappa shape index (κ1) is 14.6. The molecular formula is C15H17N3O3S. The molecule has 1 aromatic heterocycles. The van der Waals surface area contributed by atoms with Gasteiger partial charge in [0.2, 0.25) is 5.88 Å². The van der Waals surface area contributed by atoms with E-state index >= 15 is 0 Å². The maximum absolute atomic E-state index is 11.4. The SMILES string of the molecule is COc1cc(CNc2ccc(CN3CCOC3=O)cc2)sn1. The number of benzene rings is 1. The Kier molecular flexibility index (Phi) is 4.43. The van der Waals surface area contributed by atoms with Crippen molar-refractivity contribution in [2.24, 2.45) is 0 Å². The Morgan fingerprint density at radius 2 is 2.23 bits per heavy atom. The van der Waals surface area contributed by atoms with E-state index in [1.54, 1.807) is 12.0 Å². The van der Waals surface area contributed by atoms with Crippen LogP contribution in [-0.4, -0.2) is 35.6 Å². The molecule has 3 rings (SSSR count). The molecule has 0 atom stereocenters. The highest BCUT2D eigenvalue weighted by Gasteiger charge is 2.21. The van der Waals surface area contributed by atoms with Crippen molar-refractivity contribution in [2.75, 3.05) is 25.6 Å². The van der Waals surface area contributed by atoms with Crippen molar-refractivity contribution >= 4 is 23.3 Å². The van der Waals surface area contributed by atoms with Crippen molar-refractivity contribution in [2.45, 2.75) is 13.1 Å². The average molecular weight is 319 g/mol. The van der Waals surface area contributed by atoms with Gasteiger partial charge in [0.15, 0.2) is 0 Å². The van der Waals surface area contributed by atoms with Crippen molar-refractivity contribution < 1.29 is 14.3 Å². The molecule has 0 spiro atoms. The predicted molar refractivity (Wildman–Crippen MR) is 84.2 cm³/mol. The van der Waals surface area contributed by atoms with E-state index in [2.05, 4.69) is 9.69 Å². The minimum atomic E-state index is -0.235. The maximum Gasteiger partial charge on any atom is 0.410 e. The molecule has 0 bridgehead atoms. The molecule has 1 aromatic carbocycles. The van der Waals surface area contributed by atoms with Crippen LogP contribution in [0.3, 0.4) is 0 Å². The molecule has 1 amide bonds. The molecule has 1 N–H and O–H groups in total. The molecule has 1 aliphatic rings. The van der Waals surface area contributed by atoms with E-state index in [4.69, 9.17) is 9.47 Å². The Bertz CT molecular complexity index is 642. The van der Waals surface area contributed by atoms with Crippen molar-refractivity contribution in [3.63, 3.8) is 0 Å². The molecule has 1 fully saturated rings. The molecular weight excluding hydrogens is 302 g/mol. The number of aromatic nitrogens is 1. The van der Waals surface area contributed by atoms with Crippen LogP contribution in [-0.2, 0) is 17.8 Å². The maximum atomic E-state index is 11.4. The third kappa shape index (κ3) is 3.48. The van der Waals surface area contributed by atoms with Crippen molar-refractivity contribution in [1.29, 1.82) is 0 Å². The van der Waals surface area contributed by atoms with E-state index in [9.17, 15) is 4.79 Å². The standard InChI is InChI=1S/C15H17N3O3S/c1-20-14-8-13(22-17-14)9-16-12-4-2-11(3-5-12)10-18-6-7-21-15(18)19/h2-5,8,16H,6-7,9-10H2,1H3. The summed E-state index contributed by atoms with van der Waals surface area (Å²) in [4.78, 5) is 14.2. The highest BCUT2D eigenvalue weighted by molar-refractivity contribution is 7.05. The predicted octanol–water partition coefficient (Wildman–Crippen LogP) is 2.72. The van der Waals surface area contributed by atoms with Crippen LogP contribution in [0.15, 0.2) is 30.3 Å². The van der Waals surface area contributed by atoms with Gasteiger partial charge in [-0.1, -0.05) is 12.1 Å². The normalized spacial score (nSPS) is 14.0. The van der Waals surface area contributed by atoms with Crippen LogP contribution in [0.25, 0.3) is 0 Å². The zero-order valence-electron chi connectivity index (χ0n) is 12.2. The second-order valence-corrected chi connectivity index (χ2v) is 5.81. The van der Waals surface area contributed by atoms with Gasteiger partial charge in [-0.2, -0.15) is 4.37 Å². The smallest absolute Gasteiger partial charge is 0.410 e. The second-order valence-electron chi connectivity index (χ2n) is 4.92. The summed E-state index contributed by atoms with van der Waals surface area (Å²) >= 11 is 1.42. The number of nitrogens with zero attached hydrogens (tertiary/aromatic N) is 2. The first-order chi connectivity index (χ1) is 10.7. The number of methoxy groups -OCH3 is 1. The molecule has 6 nitrogen and oxygen atoms in total. The van der Waals surface area contributed by atoms with E-state index in [0.29, 0.717) is 32.1 Å². The number of hydrogen-bond donors (Lipinski definition) is 1. The Hall–Kier alpha value is -2.28. The van der Waals surface area contributed by atoms with Crippen molar-refractivity contribution in [1.82, 2.24) is 9.27 Å². The summed E-state index contributed by atoms with van der Waals surface area (Å²) in [6.45, 7) is 2.44. The van der Waals surface area contributed by atoms with Crippen LogP contribution < -0.4 is 10.1 Å². The van der Waals surface area contributed by atoms with E-state index < -0.39 is 0 Å². The molecule has 1 saturated heterocycles. The topological polar surface area (TPSA) is 63.7 Å². The van der Waals surface area contributed by atoms with Gasteiger partial charge < -0.3 is 19.7 Å². The summed E-state index contributed by atoms with van der Waals surface area (Å²) < 4.78 is 14.1. The lowest BCUT2D eigenvalue weighted by Gasteiger charge is -2.13. The van der Waals surface area contributed by atoms with Gasteiger partial charge in [0.25, 0.3) is 0 Å². The van der Waals surface area contributed by atoms with Gasteiger partial charge >= 0.3 is 6.09 Å². The molecule has 22 heavy (non-hydrogen) atoms. The largest absolute Gasteiger partial charge is 0.480 e. The zero-order valence-corrected chi connectivity index (χ0v) is 13.1. The number of hydrogen-bond acceptors (Lipinski definition) is 6. The fourth-order valence-electron chi connectivity index (χ4n) is 2.18. The Balaban J connectivity index is 1.53. The summed E-state index contributed by atoms with van der Waals surface area (Å²) in [6.07, 6.45) is -0.235. The van der Waals surface area contributed by atoms with Gasteiger partial charge in [-0.05, 0) is 29.2 Å². The van der Waals surface area contributed by atoms with Gasteiger partial charge in [0.1, 0.15) is 6.61 Å². The Morgan fingerprint density at radius 3 is 2.86 bits per heavy atom. The fourth-order valence-corrected chi connectivity index (χ4v) is 2.81. The van der Waals surface area contributed by atoms with Crippen LogP contribution in [0.5, 0.6) is 5.88 Å². The summed E-state index contributed by atoms with van der Waals surface area (Å²) in [6, 6.07) is 9.97. The highest BCUT2D eigenvalue weighted by atomic mass is 32.1. The average Bonchev–Trinajstić information content (AvgIpc) is 3.16. The van der Waals surface area contributed by atoms with Crippen LogP contribution in [0.2, 0.25) is 0 Å². The number of carbonyl (C=O) groups is 1. The number of amides is 1. The molecule has 2 heterocycles. The monoisotopic (exact) mass is 319 g/mol. The lowest BCUT2D eigenvalue weighted by molar-refractivity contribution is 0.157. The molecule has 7 heteroatoms. The van der Waals surface area contributed by atoms with Gasteiger partial charge in [0, 0.05) is 23.2 Å². The lowest BCUT2D eigenvalue weighted by Crippen LogP contribution is -2.23. The minimum absolute atomic E-state index is 0.235. The quantitative estimate of drug-likeness (QED) is 0.887.